The molecular weight excluding hydrogens is 106 g/mol. The Labute approximate surface area is 48.1 Å². The van der Waals surface area contributed by atoms with Crippen molar-refractivity contribution in [2.24, 2.45) is 4.99 Å². The van der Waals surface area contributed by atoms with Crippen molar-refractivity contribution in [2.75, 3.05) is 6.54 Å². The lowest BCUT2D eigenvalue weighted by molar-refractivity contribution is 0.179. The second kappa shape index (κ2) is 4.50. The standard InChI is InChI=1S/C5H9NO2/c1-2-5(8)3-6-4-7/h5,8H,2-3H2,1H3. The second-order valence-electron chi connectivity index (χ2n) is 1.49. The fourth-order valence-electron chi connectivity index (χ4n) is 0.272. The summed E-state index contributed by atoms with van der Waals surface area (Å²) in [5.41, 5.74) is 0. The van der Waals surface area contributed by atoms with Crippen molar-refractivity contribution in [3.8, 4) is 0 Å². The van der Waals surface area contributed by atoms with Gasteiger partial charge in [-0.05, 0) is 6.42 Å². The average Bonchev–Trinajstić information content (AvgIpc) is 1.83. The third-order valence-electron chi connectivity index (χ3n) is 0.838. The maximum absolute atomic E-state index is 9.42. The van der Waals surface area contributed by atoms with Gasteiger partial charge < -0.3 is 5.11 Å². The van der Waals surface area contributed by atoms with E-state index in [-0.39, 0.29) is 6.54 Å². The summed E-state index contributed by atoms with van der Waals surface area (Å²) in [6.45, 7) is 2.00. The molecule has 46 valence electrons. The summed E-state index contributed by atoms with van der Waals surface area (Å²) < 4.78 is 0. The molecule has 3 heteroatoms. The summed E-state index contributed by atoms with van der Waals surface area (Å²) in [6.07, 6.45) is 1.50. The lowest BCUT2D eigenvalue weighted by Crippen LogP contribution is -2.07. The Kier molecular flexibility index (Phi) is 4.13. The normalized spacial score (nSPS) is 12.2. The highest BCUT2D eigenvalue weighted by atomic mass is 16.3. The second-order valence-corrected chi connectivity index (χ2v) is 1.49. The van der Waals surface area contributed by atoms with Crippen molar-refractivity contribution < 1.29 is 9.90 Å². The molecule has 0 aliphatic rings. The quantitative estimate of drug-likeness (QED) is 0.418. The van der Waals surface area contributed by atoms with Crippen LogP contribution in [0.25, 0.3) is 0 Å². The summed E-state index contributed by atoms with van der Waals surface area (Å²) in [7, 11) is 0. The highest BCUT2D eigenvalue weighted by Crippen LogP contribution is 1.87. The molecule has 0 aliphatic carbocycles. The predicted molar refractivity (Wildman–Crippen MR) is 29.3 cm³/mol. The monoisotopic (exact) mass is 115 g/mol. The summed E-state index contributed by atoms with van der Waals surface area (Å²) >= 11 is 0. The van der Waals surface area contributed by atoms with Crippen LogP contribution in [-0.2, 0) is 4.79 Å². The van der Waals surface area contributed by atoms with Crippen molar-refractivity contribution in [3.63, 3.8) is 0 Å². The number of carbonyl (C=O) groups excluding carboxylic acids is 1. The average molecular weight is 115 g/mol. The minimum Gasteiger partial charge on any atom is -0.391 e. The fourth-order valence-corrected chi connectivity index (χ4v) is 0.272. The Hall–Kier alpha value is -0.660. The van der Waals surface area contributed by atoms with Gasteiger partial charge in [-0.1, -0.05) is 6.92 Å². The Morgan fingerprint density at radius 2 is 2.50 bits per heavy atom. The molecule has 0 saturated carbocycles. The van der Waals surface area contributed by atoms with Gasteiger partial charge in [-0.3, -0.25) is 0 Å². The molecule has 0 amide bonds. The molecule has 3 nitrogen and oxygen atoms in total. The maximum atomic E-state index is 9.42. The highest BCUT2D eigenvalue weighted by molar-refractivity contribution is 5.32. The SMILES string of the molecule is CCC(O)CN=C=O. The Balaban J connectivity index is 3.23. The number of nitrogens with zero attached hydrogens (tertiary/aromatic N) is 1. The zero-order chi connectivity index (χ0) is 6.41. The van der Waals surface area contributed by atoms with E-state index in [4.69, 9.17) is 5.11 Å². The van der Waals surface area contributed by atoms with Gasteiger partial charge in [0.05, 0.1) is 12.6 Å². The van der Waals surface area contributed by atoms with E-state index in [1.165, 1.54) is 6.08 Å². The van der Waals surface area contributed by atoms with E-state index in [0.717, 1.165) is 0 Å². The first-order valence-electron chi connectivity index (χ1n) is 2.53. The molecule has 1 N–H and O–H groups in total. The zero-order valence-electron chi connectivity index (χ0n) is 4.79. The molecule has 0 radical (unpaired) electrons. The molecule has 8 heavy (non-hydrogen) atoms. The third kappa shape index (κ3) is 3.53. The number of hydrogen-bond acceptors (Lipinski definition) is 3. The van der Waals surface area contributed by atoms with Crippen LogP contribution >= 0.6 is 0 Å². The van der Waals surface area contributed by atoms with Crippen LogP contribution in [0.3, 0.4) is 0 Å². The molecule has 0 rings (SSSR count). The zero-order valence-corrected chi connectivity index (χ0v) is 4.79. The molecule has 1 atom stereocenters. The van der Waals surface area contributed by atoms with Gasteiger partial charge in [-0.15, -0.1) is 0 Å². The van der Waals surface area contributed by atoms with Crippen molar-refractivity contribution in [2.45, 2.75) is 19.4 Å². The van der Waals surface area contributed by atoms with Crippen LogP contribution in [0.15, 0.2) is 4.99 Å². The number of rotatable bonds is 3. The van der Waals surface area contributed by atoms with Gasteiger partial charge in [-0.2, -0.15) is 0 Å². The number of aliphatic hydroxyl groups excluding tert-OH is 1. The Morgan fingerprint density at radius 1 is 1.88 bits per heavy atom. The van der Waals surface area contributed by atoms with Crippen LogP contribution in [-0.4, -0.2) is 23.8 Å². The summed E-state index contributed by atoms with van der Waals surface area (Å²) in [6, 6.07) is 0. The predicted octanol–water partition coefficient (Wildman–Crippen LogP) is 0.0931. The maximum Gasteiger partial charge on any atom is 0.235 e. The minimum atomic E-state index is -0.476. The lowest BCUT2D eigenvalue weighted by atomic mass is 10.3. The van der Waals surface area contributed by atoms with E-state index < -0.39 is 6.10 Å². The summed E-state index contributed by atoms with van der Waals surface area (Å²) in [5, 5.41) is 8.72. The van der Waals surface area contributed by atoms with Crippen LogP contribution in [0.1, 0.15) is 13.3 Å². The first kappa shape index (κ1) is 7.34. The minimum absolute atomic E-state index is 0.181. The molecule has 0 saturated heterocycles. The number of aliphatic hydroxyl groups is 1. The van der Waals surface area contributed by atoms with Crippen LogP contribution in [0.4, 0.5) is 0 Å². The van der Waals surface area contributed by atoms with Crippen molar-refractivity contribution in [1.29, 1.82) is 0 Å². The van der Waals surface area contributed by atoms with Crippen LogP contribution in [0, 0.1) is 0 Å². The van der Waals surface area contributed by atoms with Crippen LogP contribution < -0.4 is 0 Å². The van der Waals surface area contributed by atoms with Gasteiger partial charge in [0.25, 0.3) is 0 Å². The highest BCUT2D eigenvalue weighted by Gasteiger charge is 1.95. The van der Waals surface area contributed by atoms with Gasteiger partial charge in [0.15, 0.2) is 0 Å². The van der Waals surface area contributed by atoms with Gasteiger partial charge >= 0.3 is 0 Å². The van der Waals surface area contributed by atoms with Crippen molar-refractivity contribution in [3.05, 3.63) is 0 Å². The van der Waals surface area contributed by atoms with E-state index >= 15 is 0 Å². The Bertz CT molecular complexity index is 96.6. The van der Waals surface area contributed by atoms with E-state index in [1.807, 2.05) is 6.92 Å². The lowest BCUT2D eigenvalue weighted by Gasteiger charge is -1.98. The molecule has 0 aromatic carbocycles. The summed E-state index contributed by atoms with van der Waals surface area (Å²) in [5.74, 6) is 0. The smallest absolute Gasteiger partial charge is 0.235 e. The van der Waals surface area contributed by atoms with Crippen LogP contribution in [0.5, 0.6) is 0 Å². The number of hydrogen-bond donors (Lipinski definition) is 1. The van der Waals surface area contributed by atoms with Crippen molar-refractivity contribution >= 4 is 6.08 Å². The largest absolute Gasteiger partial charge is 0.391 e. The topological polar surface area (TPSA) is 49.7 Å². The van der Waals surface area contributed by atoms with Gasteiger partial charge in [-0.25, -0.2) is 9.79 Å². The Morgan fingerprint density at radius 3 is 2.88 bits per heavy atom. The molecule has 0 aromatic rings. The molecule has 0 spiro atoms. The molecule has 0 bridgehead atoms. The van der Waals surface area contributed by atoms with Gasteiger partial charge in [0.2, 0.25) is 6.08 Å². The van der Waals surface area contributed by atoms with Crippen LogP contribution in [0.2, 0.25) is 0 Å². The number of aliphatic imine (C=N–C) groups is 1. The van der Waals surface area contributed by atoms with E-state index in [9.17, 15) is 4.79 Å². The van der Waals surface area contributed by atoms with E-state index in [2.05, 4.69) is 4.99 Å². The summed E-state index contributed by atoms with van der Waals surface area (Å²) in [4.78, 5) is 12.6. The first-order valence-corrected chi connectivity index (χ1v) is 2.53. The molecule has 0 heterocycles. The number of isocyanates is 1. The van der Waals surface area contributed by atoms with E-state index in [0.29, 0.717) is 6.42 Å². The molecular formula is C5H9NO2. The third-order valence-corrected chi connectivity index (χ3v) is 0.838. The molecule has 0 aliphatic heterocycles. The molecule has 0 fully saturated rings. The fraction of sp³-hybridized carbons (Fsp3) is 0.800. The molecule has 1 unspecified atom stereocenters. The van der Waals surface area contributed by atoms with E-state index in [1.54, 1.807) is 0 Å². The van der Waals surface area contributed by atoms with Gasteiger partial charge in [0, 0.05) is 0 Å². The van der Waals surface area contributed by atoms with Gasteiger partial charge in [0.1, 0.15) is 0 Å². The first-order chi connectivity index (χ1) is 3.81. The van der Waals surface area contributed by atoms with Crippen molar-refractivity contribution in [1.82, 2.24) is 0 Å². The molecule has 0 aromatic heterocycles.